The predicted octanol–water partition coefficient (Wildman–Crippen LogP) is 1.32. The number of nitrogens with one attached hydrogen (secondary N) is 1. The second kappa shape index (κ2) is 6.39. The van der Waals surface area contributed by atoms with E-state index in [2.05, 4.69) is 10.4 Å². The summed E-state index contributed by atoms with van der Waals surface area (Å²) in [4.78, 5) is 0. The zero-order valence-electron chi connectivity index (χ0n) is 12.8. The molecule has 0 atom stereocenters. The van der Waals surface area contributed by atoms with Gasteiger partial charge in [0.15, 0.2) is 0 Å². The molecule has 3 N–H and O–H groups in total. The fraction of sp³-hybridized carbons (Fsp3) is 0.438. The van der Waals surface area contributed by atoms with Gasteiger partial charge >= 0.3 is 0 Å². The zero-order chi connectivity index (χ0) is 15.5. The Kier molecular flexibility index (Phi) is 4.77. The number of hydrogen-bond acceptors (Lipinski definition) is 4. The van der Waals surface area contributed by atoms with Crippen LogP contribution in [0, 0.1) is 13.8 Å². The maximum absolute atomic E-state index is 9.34. The third kappa shape index (κ3) is 3.32. The van der Waals surface area contributed by atoms with Crippen molar-refractivity contribution in [2.24, 2.45) is 0 Å². The third-order valence-electron chi connectivity index (χ3n) is 3.83. The monoisotopic (exact) mass is 289 g/mol. The molecule has 0 saturated carbocycles. The number of aliphatic hydroxyl groups excluding tert-OH is 2. The van der Waals surface area contributed by atoms with Gasteiger partial charge in [-0.25, -0.2) is 4.68 Å². The molecule has 0 spiro atoms. The van der Waals surface area contributed by atoms with Gasteiger partial charge in [0.1, 0.15) is 0 Å². The van der Waals surface area contributed by atoms with Gasteiger partial charge in [0.2, 0.25) is 0 Å². The fourth-order valence-corrected chi connectivity index (χ4v) is 2.21. The van der Waals surface area contributed by atoms with E-state index in [1.807, 2.05) is 48.9 Å². The Morgan fingerprint density at radius 2 is 1.76 bits per heavy atom. The largest absolute Gasteiger partial charge is 0.394 e. The topological polar surface area (TPSA) is 70.3 Å². The molecule has 5 heteroatoms. The highest BCUT2D eigenvalue weighted by molar-refractivity contribution is 5.36. The number of hydrogen-bond donors (Lipinski definition) is 3. The molecule has 21 heavy (non-hydrogen) atoms. The van der Waals surface area contributed by atoms with Crippen LogP contribution in [-0.4, -0.2) is 38.7 Å². The van der Waals surface area contributed by atoms with E-state index in [-0.39, 0.29) is 13.2 Å². The first-order valence-corrected chi connectivity index (χ1v) is 7.08. The van der Waals surface area contributed by atoms with E-state index in [9.17, 15) is 10.2 Å². The first-order valence-electron chi connectivity index (χ1n) is 7.08. The molecule has 0 bridgehead atoms. The van der Waals surface area contributed by atoms with E-state index in [1.54, 1.807) is 6.92 Å². The standard InChI is InChI=1S/C16H23N3O2/c1-12-15(9-17-16(3,10-20)11-21)13(2)19(18-12)14-7-5-4-6-8-14/h4-8,17,20-21H,9-11H2,1-3H3. The molecule has 0 amide bonds. The number of benzene rings is 1. The van der Waals surface area contributed by atoms with Gasteiger partial charge in [-0.2, -0.15) is 5.10 Å². The lowest BCUT2D eigenvalue weighted by Gasteiger charge is -2.26. The van der Waals surface area contributed by atoms with Crippen LogP contribution < -0.4 is 5.32 Å². The van der Waals surface area contributed by atoms with Crippen LogP contribution in [0.15, 0.2) is 30.3 Å². The molecule has 0 aliphatic rings. The van der Waals surface area contributed by atoms with Crippen molar-refractivity contribution in [2.45, 2.75) is 32.9 Å². The smallest absolute Gasteiger partial charge is 0.0648 e. The van der Waals surface area contributed by atoms with E-state index >= 15 is 0 Å². The van der Waals surface area contributed by atoms with Crippen LogP contribution in [0.5, 0.6) is 0 Å². The predicted molar refractivity (Wildman–Crippen MR) is 82.5 cm³/mol. The SMILES string of the molecule is Cc1nn(-c2ccccc2)c(C)c1CNC(C)(CO)CO. The highest BCUT2D eigenvalue weighted by atomic mass is 16.3. The quantitative estimate of drug-likeness (QED) is 0.750. The summed E-state index contributed by atoms with van der Waals surface area (Å²) in [6, 6.07) is 9.98. The van der Waals surface area contributed by atoms with Crippen LogP contribution >= 0.6 is 0 Å². The van der Waals surface area contributed by atoms with Crippen LogP contribution in [0.25, 0.3) is 5.69 Å². The van der Waals surface area contributed by atoms with E-state index in [4.69, 9.17) is 0 Å². The minimum Gasteiger partial charge on any atom is -0.394 e. The van der Waals surface area contributed by atoms with Gasteiger partial charge in [-0.3, -0.25) is 0 Å². The lowest BCUT2D eigenvalue weighted by molar-refractivity contribution is 0.103. The van der Waals surface area contributed by atoms with Gasteiger partial charge in [0.25, 0.3) is 0 Å². The molecule has 0 radical (unpaired) electrons. The van der Waals surface area contributed by atoms with Crippen LogP contribution in [0.1, 0.15) is 23.9 Å². The Hall–Kier alpha value is -1.69. The van der Waals surface area contributed by atoms with Crippen molar-refractivity contribution >= 4 is 0 Å². The molecule has 114 valence electrons. The Morgan fingerprint density at radius 1 is 1.14 bits per heavy atom. The Bertz CT molecular complexity index is 589. The number of aryl methyl sites for hydroxylation is 1. The van der Waals surface area contributed by atoms with E-state index in [0.717, 1.165) is 22.6 Å². The molecule has 1 aromatic carbocycles. The second-order valence-electron chi connectivity index (χ2n) is 5.63. The zero-order valence-corrected chi connectivity index (χ0v) is 12.8. The number of rotatable bonds is 6. The summed E-state index contributed by atoms with van der Waals surface area (Å²) in [5, 5.41) is 26.5. The molecule has 0 aliphatic carbocycles. The van der Waals surface area contributed by atoms with Crippen LogP contribution in [0.4, 0.5) is 0 Å². The third-order valence-corrected chi connectivity index (χ3v) is 3.83. The summed E-state index contributed by atoms with van der Waals surface area (Å²) >= 11 is 0. The Labute approximate surface area is 125 Å². The summed E-state index contributed by atoms with van der Waals surface area (Å²) in [5.74, 6) is 0. The average Bonchev–Trinajstić information content (AvgIpc) is 2.80. The highest BCUT2D eigenvalue weighted by Gasteiger charge is 2.23. The molecule has 0 unspecified atom stereocenters. The molecule has 5 nitrogen and oxygen atoms in total. The molecule has 1 aromatic heterocycles. The first-order chi connectivity index (χ1) is 10.0. The normalized spacial score (nSPS) is 11.9. The van der Waals surface area contributed by atoms with Crippen LogP contribution in [-0.2, 0) is 6.54 Å². The molecule has 1 heterocycles. The van der Waals surface area contributed by atoms with Gasteiger partial charge < -0.3 is 15.5 Å². The summed E-state index contributed by atoms with van der Waals surface area (Å²) < 4.78 is 1.92. The molecule has 0 fully saturated rings. The number of aliphatic hydroxyl groups is 2. The van der Waals surface area contributed by atoms with E-state index in [1.165, 1.54) is 0 Å². The van der Waals surface area contributed by atoms with Crippen molar-refractivity contribution in [2.75, 3.05) is 13.2 Å². The molecule has 0 saturated heterocycles. The van der Waals surface area contributed by atoms with E-state index in [0.29, 0.717) is 6.54 Å². The van der Waals surface area contributed by atoms with Gasteiger partial charge in [-0.15, -0.1) is 0 Å². The van der Waals surface area contributed by atoms with Gasteiger partial charge in [0, 0.05) is 17.8 Å². The van der Waals surface area contributed by atoms with Crippen molar-refractivity contribution in [3.8, 4) is 5.69 Å². The summed E-state index contributed by atoms with van der Waals surface area (Å²) in [7, 11) is 0. The van der Waals surface area contributed by atoms with Crippen LogP contribution in [0.2, 0.25) is 0 Å². The summed E-state index contributed by atoms with van der Waals surface area (Å²) in [6.07, 6.45) is 0. The number of nitrogens with zero attached hydrogens (tertiary/aromatic N) is 2. The van der Waals surface area contributed by atoms with Crippen molar-refractivity contribution in [3.63, 3.8) is 0 Å². The van der Waals surface area contributed by atoms with Crippen molar-refractivity contribution in [3.05, 3.63) is 47.3 Å². The lowest BCUT2D eigenvalue weighted by atomic mass is 10.0. The number of para-hydroxylation sites is 1. The second-order valence-corrected chi connectivity index (χ2v) is 5.63. The summed E-state index contributed by atoms with van der Waals surface area (Å²) in [6.45, 7) is 6.11. The van der Waals surface area contributed by atoms with Crippen molar-refractivity contribution < 1.29 is 10.2 Å². The van der Waals surface area contributed by atoms with Crippen molar-refractivity contribution in [1.29, 1.82) is 0 Å². The first kappa shape index (κ1) is 15.7. The molecule has 2 aromatic rings. The van der Waals surface area contributed by atoms with Gasteiger partial charge in [-0.1, -0.05) is 18.2 Å². The van der Waals surface area contributed by atoms with Crippen LogP contribution in [0.3, 0.4) is 0 Å². The molecular weight excluding hydrogens is 266 g/mol. The fourth-order valence-electron chi connectivity index (χ4n) is 2.21. The maximum Gasteiger partial charge on any atom is 0.0648 e. The molecular formula is C16H23N3O2. The minimum atomic E-state index is -0.687. The summed E-state index contributed by atoms with van der Waals surface area (Å²) in [5.41, 5.74) is 3.43. The van der Waals surface area contributed by atoms with Gasteiger partial charge in [0.05, 0.1) is 30.1 Å². The molecule has 2 rings (SSSR count). The average molecular weight is 289 g/mol. The number of aromatic nitrogens is 2. The lowest BCUT2D eigenvalue weighted by Crippen LogP contribution is -2.48. The van der Waals surface area contributed by atoms with Crippen molar-refractivity contribution in [1.82, 2.24) is 15.1 Å². The maximum atomic E-state index is 9.34. The van der Waals surface area contributed by atoms with Gasteiger partial charge in [-0.05, 0) is 32.9 Å². The Balaban J connectivity index is 2.24. The molecule has 0 aliphatic heterocycles. The van der Waals surface area contributed by atoms with E-state index < -0.39 is 5.54 Å². The Morgan fingerprint density at radius 3 is 2.33 bits per heavy atom. The highest BCUT2D eigenvalue weighted by Crippen LogP contribution is 2.18. The minimum absolute atomic E-state index is 0.117.